The Hall–Kier alpha value is -2.67. The third kappa shape index (κ3) is 3.35. The van der Waals surface area contributed by atoms with Gasteiger partial charge in [0.25, 0.3) is 0 Å². The first-order valence-electron chi connectivity index (χ1n) is 8.43. The SMILES string of the molecule is CC1=C(C(=O)OC(C)C)C(c2ccc(C)cc2)c2c(nc(=S)[nH]c2N)N1. The number of aromatic nitrogens is 2. The van der Waals surface area contributed by atoms with E-state index in [0.717, 1.165) is 11.1 Å². The van der Waals surface area contributed by atoms with Crippen LogP contribution in [0.25, 0.3) is 0 Å². The normalized spacial score (nSPS) is 16.3. The van der Waals surface area contributed by atoms with E-state index < -0.39 is 5.92 Å². The lowest BCUT2D eigenvalue weighted by Gasteiger charge is -2.30. The summed E-state index contributed by atoms with van der Waals surface area (Å²) in [5.41, 5.74) is 10.2. The molecule has 1 aromatic heterocycles. The minimum absolute atomic E-state index is 0.222. The number of carbonyl (C=O) groups is 1. The predicted octanol–water partition coefficient (Wildman–Crippen LogP) is 3.81. The van der Waals surface area contributed by atoms with E-state index in [-0.39, 0.29) is 16.8 Å². The zero-order valence-electron chi connectivity index (χ0n) is 15.2. The van der Waals surface area contributed by atoms with Gasteiger partial charge in [-0.1, -0.05) is 29.8 Å². The molecule has 0 fully saturated rings. The minimum Gasteiger partial charge on any atom is -0.460 e. The summed E-state index contributed by atoms with van der Waals surface area (Å²) in [6.07, 6.45) is -0.222. The molecule has 1 aromatic carbocycles. The van der Waals surface area contributed by atoms with Gasteiger partial charge in [0.2, 0.25) is 0 Å². The van der Waals surface area contributed by atoms with Gasteiger partial charge < -0.3 is 20.8 Å². The Morgan fingerprint density at radius 1 is 1.27 bits per heavy atom. The fourth-order valence-corrected chi connectivity index (χ4v) is 3.34. The molecule has 0 saturated carbocycles. The van der Waals surface area contributed by atoms with Crippen molar-refractivity contribution in [1.29, 1.82) is 0 Å². The number of nitrogen functional groups attached to an aromatic ring is 1. The van der Waals surface area contributed by atoms with Crippen LogP contribution in [0.2, 0.25) is 0 Å². The van der Waals surface area contributed by atoms with E-state index in [1.54, 1.807) is 0 Å². The van der Waals surface area contributed by atoms with Crippen LogP contribution < -0.4 is 11.1 Å². The summed E-state index contributed by atoms with van der Waals surface area (Å²) >= 11 is 5.14. The first-order chi connectivity index (χ1) is 12.3. The van der Waals surface area contributed by atoms with Crippen LogP contribution in [0.15, 0.2) is 35.5 Å². The van der Waals surface area contributed by atoms with Crippen LogP contribution in [0.5, 0.6) is 0 Å². The second-order valence-corrected chi connectivity index (χ2v) is 7.07. The van der Waals surface area contributed by atoms with Gasteiger partial charge in [0, 0.05) is 11.3 Å². The molecule has 0 radical (unpaired) electrons. The largest absolute Gasteiger partial charge is 0.460 e. The van der Waals surface area contributed by atoms with Crippen molar-refractivity contribution in [3.63, 3.8) is 0 Å². The number of rotatable bonds is 3. The van der Waals surface area contributed by atoms with Gasteiger partial charge in [-0.25, -0.2) is 9.78 Å². The van der Waals surface area contributed by atoms with Crippen molar-refractivity contribution in [1.82, 2.24) is 9.97 Å². The average molecular weight is 370 g/mol. The van der Waals surface area contributed by atoms with Crippen molar-refractivity contribution in [2.45, 2.75) is 39.7 Å². The van der Waals surface area contributed by atoms with Gasteiger partial charge in [0.1, 0.15) is 11.6 Å². The standard InChI is InChI=1S/C19H22N4O2S/c1-9(2)25-18(24)13-11(4)21-17-15(16(20)22-19(26)23-17)14(13)12-7-5-10(3)6-8-12/h5-9,14H,1-4H3,(H4,20,21,22,23,26). The van der Waals surface area contributed by atoms with Gasteiger partial charge in [-0.3, -0.25) is 0 Å². The maximum atomic E-state index is 12.8. The maximum Gasteiger partial charge on any atom is 0.337 e. The number of nitrogens with two attached hydrogens (primary N) is 1. The zero-order chi connectivity index (χ0) is 19.0. The van der Waals surface area contributed by atoms with E-state index in [1.807, 2.05) is 52.0 Å². The van der Waals surface area contributed by atoms with Gasteiger partial charge in [0.15, 0.2) is 4.77 Å². The summed E-state index contributed by atoms with van der Waals surface area (Å²) in [4.78, 5) is 20.1. The van der Waals surface area contributed by atoms with Crippen molar-refractivity contribution in [2.24, 2.45) is 0 Å². The number of hydrogen-bond acceptors (Lipinski definition) is 6. The monoisotopic (exact) mass is 370 g/mol. The van der Waals surface area contributed by atoms with Crippen LogP contribution >= 0.6 is 12.2 Å². The Kier molecular flexibility index (Phi) is 4.82. The Balaban J connectivity index is 2.23. The van der Waals surface area contributed by atoms with Crippen LogP contribution in [0, 0.1) is 11.7 Å². The molecule has 4 N–H and O–H groups in total. The maximum absolute atomic E-state index is 12.8. The number of carbonyl (C=O) groups excluding carboxylic acids is 1. The lowest BCUT2D eigenvalue weighted by molar-refractivity contribution is -0.142. The molecule has 136 valence electrons. The average Bonchev–Trinajstić information content (AvgIpc) is 2.53. The Labute approximate surface area is 157 Å². The Morgan fingerprint density at radius 2 is 1.92 bits per heavy atom. The number of esters is 1. The molecule has 0 amide bonds. The molecule has 6 nitrogen and oxygen atoms in total. The number of fused-ring (bicyclic) bond motifs is 1. The van der Waals surface area contributed by atoms with Crippen LogP contribution in [0.1, 0.15) is 43.4 Å². The number of nitrogens with one attached hydrogen (secondary N) is 2. The predicted molar refractivity (Wildman–Crippen MR) is 104 cm³/mol. The van der Waals surface area contributed by atoms with E-state index in [2.05, 4.69) is 15.3 Å². The van der Waals surface area contributed by atoms with Crippen molar-refractivity contribution in [3.8, 4) is 0 Å². The number of ether oxygens (including phenoxy) is 1. The van der Waals surface area contributed by atoms with Gasteiger partial charge in [-0.15, -0.1) is 0 Å². The summed E-state index contributed by atoms with van der Waals surface area (Å²) < 4.78 is 5.77. The van der Waals surface area contributed by atoms with Crippen molar-refractivity contribution < 1.29 is 9.53 Å². The van der Waals surface area contributed by atoms with Crippen molar-refractivity contribution in [2.75, 3.05) is 11.1 Å². The second-order valence-electron chi connectivity index (χ2n) is 6.68. The molecule has 0 saturated heterocycles. The molecular weight excluding hydrogens is 348 g/mol. The molecule has 1 aliphatic rings. The van der Waals surface area contributed by atoms with E-state index in [9.17, 15) is 4.79 Å². The highest BCUT2D eigenvalue weighted by atomic mass is 32.1. The highest BCUT2D eigenvalue weighted by Crippen LogP contribution is 2.43. The highest BCUT2D eigenvalue weighted by molar-refractivity contribution is 7.71. The molecule has 0 spiro atoms. The van der Waals surface area contributed by atoms with E-state index in [0.29, 0.717) is 28.5 Å². The summed E-state index contributed by atoms with van der Waals surface area (Å²) in [6.45, 7) is 7.50. The molecule has 1 unspecified atom stereocenters. The van der Waals surface area contributed by atoms with E-state index in [1.165, 1.54) is 0 Å². The molecule has 0 aliphatic carbocycles. The summed E-state index contributed by atoms with van der Waals surface area (Å²) in [7, 11) is 0. The first kappa shape index (κ1) is 18.1. The van der Waals surface area contributed by atoms with Crippen LogP contribution in [0.4, 0.5) is 11.6 Å². The number of H-pyrrole nitrogens is 1. The number of aromatic amines is 1. The second kappa shape index (κ2) is 6.92. The summed E-state index contributed by atoms with van der Waals surface area (Å²) in [6, 6.07) is 8.00. The Bertz CT molecular complexity index is 945. The molecule has 7 heteroatoms. The third-order valence-corrected chi connectivity index (χ3v) is 4.45. The minimum atomic E-state index is -0.391. The lowest BCUT2D eigenvalue weighted by atomic mass is 9.81. The highest BCUT2D eigenvalue weighted by Gasteiger charge is 2.36. The summed E-state index contributed by atoms with van der Waals surface area (Å²) in [5.74, 6) is 0.191. The zero-order valence-corrected chi connectivity index (χ0v) is 16.0. The van der Waals surface area contributed by atoms with Crippen molar-refractivity contribution in [3.05, 3.63) is 57.0 Å². The molecular formula is C19H22N4O2S. The molecule has 1 aliphatic heterocycles. The van der Waals surface area contributed by atoms with Crippen LogP contribution in [-0.2, 0) is 9.53 Å². The Morgan fingerprint density at radius 3 is 2.54 bits per heavy atom. The number of benzene rings is 1. The lowest BCUT2D eigenvalue weighted by Crippen LogP contribution is -2.27. The number of aryl methyl sites for hydroxylation is 1. The van der Waals surface area contributed by atoms with Crippen molar-refractivity contribution >= 4 is 29.8 Å². The fourth-order valence-electron chi connectivity index (χ4n) is 3.13. The molecule has 2 aromatic rings. The van der Waals surface area contributed by atoms with Crippen LogP contribution in [0.3, 0.4) is 0 Å². The number of anilines is 2. The molecule has 1 atom stereocenters. The number of nitrogens with zero attached hydrogens (tertiary/aromatic N) is 1. The van der Waals surface area contributed by atoms with Gasteiger partial charge in [0.05, 0.1) is 17.6 Å². The molecule has 2 heterocycles. The summed E-state index contributed by atoms with van der Waals surface area (Å²) in [5, 5.41) is 3.16. The molecule has 0 bridgehead atoms. The van der Waals surface area contributed by atoms with E-state index >= 15 is 0 Å². The fraction of sp³-hybridized carbons (Fsp3) is 0.316. The quantitative estimate of drug-likeness (QED) is 0.562. The van der Waals surface area contributed by atoms with Gasteiger partial charge >= 0.3 is 5.97 Å². The first-order valence-corrected chi connectivity index (χ1v) is 8.83. The molecule has 3 rings (SSSR count). The smallest absolute Gasteiger partial charge is 0.337 e. The van der Waals surface area contributed by atoms with E-state index in [4.69, 9.17) is 22.7 Å². The molecule has 26 heavy (non-hydrogen) atoms. The van der Waals surface area contributed by atoms with Gasteiger partial charge in [-0.2, -0.15) is 0 Å². The topological polar surface area (TPSA) is 93.0 Å². The van der Waals surface area contributed by atoms with Crippen LogP contribution in [-0.4, -0.2) is 22.0 Å². The van der Waals surface area contributed by atoms with Gasteiger partial charge in [-0.05, 0) is 45.5 Å². The third-order valence-electron chi connectivity index (χ3n) is 4.26. The number of allylic oxidation sites excluding steroid dienone is 1. The number of hydrogen-bond donors (Lipinski definition) is 3.